The van der Waals surface area contributed by atoms with Crippen molar-refractivity contribution >= 4 is 40.4 Å². The third kappa shape index (κ3) is 4.94. The molecule has 11 heteroatoms. The van der Waals surface area contributed by atoms with Gasteiger partial charge in [0, 0.05) is 73.4 Å². The number of halogens is 1. The van der Waals surface area contributed by atoms with Gasteiger partial charge in [0.15, 0.2) is 11.6 Å². The van der Waals surface area contributed by atoms with E-state index in [4.69, 9.17) is 21.1 Å². The smallest absolute Gasteiger partial charge is 0.417 e. The van der Waals surface area contributed by atoms with Crippen molar-refractivity contribution in [2.75, 3.05) is 31.1 Å². The fourth-order valence-electron chi connectivity index (χ4n) is 4.09. The molecule has 5 rings (SSSR count). The summed E-state index contributed by atoms with van der Waals surface area (Å²) in [7, 11) is 0. The third-order valence-electron chi connectivity index (χ3n) is 5.83. The number of carbonyl (C=O) groups excluding carboxylic acids is 2. The number of fused-ring (bicyclic) bond motifs is 1. The highest BCUT2D eigenvalue weighted by atomic mass is 35.5. The highest BCUT2D eigenvalue weighted by Gasteiger charge is 2.27. The number of piperazine rings is 1. The number of nitrogens with one attached hydrogen (secondary N) is 1. The van der Waals surface area contributed by atoms with Crippen LogP contribution in [0.5, 0.6) is 11.8 Å². The third-order valence-corrected chi connectivity index (χ3v) is 6.07. The van der Waals surface area contributed by atoms with Gasteiger partial charge < -0.3 is 24.3 Å². The number of ether oxygens (including phenoxy) is 2. The molecule has 1 aliphatic rings. The van der Waals surface area contributed by atoms with Crippen molar-refractivity contribution in [3.05, 3.63) is 59.6 Å². The lowest BCUT2D eigenvalue weighted by atomic mass is 10.1. The van der Waals surface area contributed by atoms with Gasteiger partial charge in [0.2, 0.25) is 0 Å². The van der Waals surface area contributed by atoms with Gasteiger partial charge in [0.25, 0.3) is 0 Å². The summed E-state index contributed by atoms with van der Waals surface area (Å²) in [6.07, 6.45) is 4.42. The quantitative estimate of drug-likeness (QED) is 0.409. The molecule has 36 heavy (non-hydrogen) atoms. The maximum Gasteiger partial charge on any atom is 0.417 e. The van der Waals surface area contributed by atoms with Crippen LogP contribution in [0.15, 0.2) is 48.9 Å². The van der Waals surface area contributed by atoms with E-state index in [-0.39, 0.29) is 6.01 Å². The average Bonchev–Trinajstić information content (AvgIpc) is 3.21. The van der Waals surface area contributed by atoms with Gasteiger partial charge in [-0.2, -0.15) is 0 Å². The number of aryl methyl sites for hydroxylation is 1. The number of hydrogen-bond acceptors (Lipinski definition) is 8. The Labute approximate surface area is 211 Å². The Bertz CT molecular complexity index is 1430. The average molecular weight is 507 g/mol. The summed E-state index contributed by atoms with van der Waals surface area (Å²) in [5.41, 5.74) is 3.43. The lowest BCUT2D eigenvalue weighted by Gasteiger charge is -2.34. The van der Waals surface area contributed by atoms with Crippen LogP contribution in [0.4, 0.5) is 10.6 Å². The molecular formula is C25H23ClN6O4. The van der Waals surface area contributed by atoms with Gasteiger partial charge in [-0.15, -0.1) is 0 Å². The zero-order valence-electron chi connectivity index (χ0n) is 19.7. The number of pyridine rings is 1. The first-order chi connectivity index (χ1) is 17.4. The highest BCUT2D eigenvalue weighted by Crippen LogP contribution is 2.38. The van der Waals surface area contributed by atoms with E-state index in [9.17, 15) is 9.59 Å². The van der Waals surface area contributed by atoms with Crippen LogP contribution in [0.3, 0.4) is 0 Å². The Morgan fingerprint density at radius 1 is 0.972 bits per heavy atom. The monoisotopic (exact) mass is 506 g/mol. The van der Waals surface area contributed by atoms with Gasteiger partial charge in [-0.25, -0.2) is 14.8 Å². The Balaban J connectivity index is 1.24. The number of benzene rings is 1. The fourth-order valence-corrected chi connectivity index (χ4v) is 4.27. The lowest BCUT2D eigenvalue weighted by molar-refractivity contribution is -0.131. The Hall–Kier alpha value is -4.18. The summed E-state index contributed by atoms with van der Waals surface area (Å²) < 4.78 is 10.9. The highest BCUT2D eigenvalue weighted by molar-refractivity contribution is 6.31. The van der Waals surface area contributed by atoms with Gasteiger partial charge in [0.1, 0.15) is 0 Å². The van der Waals surface area contributed by atoms with Crippen LogP contribution in [0, 0.1) is 6.92 Å². The maximum atomic E-state index is 12.7. The predicted octanol–water partition coefficient (Wildman–Crippen LogP) is 4.23. The molecule has 1 amide bonds. The van der Waals surface area contributed by atoms with Crippen molar-refractivity contribution in [3.8, 4) is 22.9 Å². The minimum atomic E-state index is -0.522. The molecule has 0 spiro atoms. The number of anilines is 1. The molecule has 1 saturated heterocycles. The van der Waals surface area contributed by atoms with E-state index in [0.29, 0.717) is 42.8 Å². The number of H-pyrrole nitrogens is 1. The molecule has 4 aromatic rings. The van der Waals surface area contributed by atoms with E-state index < -0.39 is 12.1 Å². The summed E-state index contributed by atoms with van der Waals surface area (Å²) in [6, 6.07) is 9.14. The second-order valence-corrected chi connectivity index (χ2v) is 8.80. The molecule has 0 bridgehead atoms. The van der Waals surface area contributed by atoms with Crippen molar-refractivity contribution in [1.82, 2.24) is 24.8 Å². The predicted molar refractivity (Wildman–Crippen MR) is 134 cm³/mol. The van der Waals surface area contributed by atoms with Crippen LogP contribution < -0.4 is 14.4 Å². The van der Waals surface area contributed by atoms with Crippen molar-refractivity contribution < 1.29 is 19.1 Å². The van der Waals surface area contributed by atoms with Crippen LogP contribution in [-0.2, 0) is 4.79 Å². The first-order valence-corrected chi connectivity index (χ1v) is 11.7. The number of hydrogen-bond donors (Lipinski definition) is 1. The van der Waals surface area contributed by atoms with Gasteiger partial charge in [-0.3, -0.25) is 9.78 Å². The number of aromatic amines is 1. The van der Waals surface area contributed by atoms with E-state index in [2.05, 4.69) is 19.9 Å². The number of amides is 1. The second-order valence-electron chi connectivity index (χ2n) is 8.37. The van der Waals surface area contributed by atoms with Crippen LogP contribution in [0.25, 0.3) is 22.0 Å². The number of nitrogens with zero attached hydrogens (tertiary/aromatic N) is 5. The molecule has 1 fully saturated rings. The summed E-state index contributed by atoms with van der Waals surface area (Å²) >= 11 is 6.15. The fraction of sp³-hybridized carbons (Fsp3) is 0.240. The number of aromatic nitrogens is 4. The van der Waals surface area contributed by atoms with Crippen LogP contribution in [-0.4, -0.2) is 63.1 Å². The molecule has 0 radical (unpaired) electrons. The minimum absolute atomic E-state index is 0.0124. The van der Waals surface area contributed by atoms with Crippen molar-refractivity contribution in [1.29, 1.82) is 0 Å². The van der Waals surface area contributed by atoms with Crippen molar-refractivity contribution in [2.24, 2.45) is 0 Å². The second kappa shape index (κ2) is 9.82. The Morgan fingerprint density at radius 2 is 1.72 bits per heavy atom. The molecule has 0 unspecified atom stereocenters. The molecule has 4 heterocycles. The number of esters is 1. The van der Waals surface area contributed by atoms with Crippen LogP contribution in [0.2, 0.25) is 5.02 Å². The zero-order valence-corrected chi connectivity index (χ0v) is 20.5. The summed E-state index contributed by atoms with van der Waals surface area (Å²) in [6.45, 7) is 5.08. The Kier molecular flexibility index (Phi) is 6.43. The molecule has 1 N–H and O–H groups in total. The van der Waals surface area contributed by atoms with Gasteiger partial charge in [-0.1, -0.05) is 11.6 Å². The van der Waals surface area contributed by atoms with E-state index >= 15 is 0 Å². The number of carbonyl (C=O) groups is 2. The van der Waals surface area contributed by atoms with Gasteiger partial charge >= 0.3 is 18.1 Å². The maximum absolute atomic E-state index is 12.7. The van der Waals surface area contributed by atoms with E-state index in [0.717, 1.165) is 27.7 Å². The summed E-state index contributed by atoms with van der Waals surface area (Å²) in [4.78, 5) is 43.9. The first kappa shape index (κ1) is 23.6. The molecule has 10 nitrogen and oxygen atoms in total. The minimum Gasteiger partial charge on any atom is -0.422 e. The lowest BCUT2D eigenvalue weighted by Crippen LogP contribution is -2.50. The molecule has 1 aromatic carbocycles. The van der Waals surface area contributed by atoms with Crippen LogP contribution in [0.1, 0.15) is 12.6 Å². The summed E-state index contributed by atoms with van der Waals surface area (Å²) in [5.74, 6) is 0.666. The molecule has 3 aromatic heterocycles. The van der Waals surface area contributed by atoms with E-state index in [1.807, 2.05) is 30.0 Å². The van der Waals surface area contributed by atoms with Gasteiger partial charge in [0.05, 0.1) is 5.52 Å². The van der Waals surface area contributed by atoms with Crippen LogP contribution >= 0.6 is 11.6 Å². The van der Waals surface area contributed by atoms with Crippen molar-refractivity contribution in [3.63, 3.8) is 0 Å². The molecular weight excluding hydrogens is 484 g/mol. The first-order valence-electron chi connectivity index (χ1n) is 11.3. The van der Waals surface area contributed by atoms with E-state index in [1.54, 1.807) is 35.6 Å². The Morgan fingerprint density at radius 3 is 2.42 bits per heavy atom. The largest absolute Gasteiger partial charge is 0.422 e. The molecule has 1 aliphatic heterocycles. The van der Waals surface area contributed by atoms with Gasteiger partial charge in [-0.05, 0) is 42.8 Å². The standard InChI is InChI=1S/C25H23ClN6O4/c1-15-11-17(5-6-27-15)18-13-28-24(29-14-18)36-25(34)32-9-7-31(8-10-32)23-22(35-16(2)33)20-12-19(26)3-4-21(20)30-23/h3-6,11-14,30H,7-10H2,1-2H3. The normalized spacial score (nSPS) is 13.6. The number of rotatable bonds is 4. The molecule has 0 saturated carbocycles. The molecule has 0 atom stereocenters. The zero-order chi connectivity index (χ0) is 25.2. The van der Waals surface area contributed by atoms with E-state index in [1.165, 1.54) is 6.92 Å². The SMILES string of the molecule is CC(=O)Oc1c(N2CCN(C(=O)Oc3ncc(-c4ccnc(C)c4)cn3)CC2)[nH]c2ccc(Cl)cc12. The molecule has 184 valence electrons. The topological polar surface area (TPSA) is 114 Å². The summed E-state index contributed by atoms with van der Waals surface area (Å²) in [5, 5.41) is 1.26. The van der Waals surface area contributed by atoms with Crippen molar-refractivity contribution in [2.45, 2.75) is 13.8 Å². The molecule has 0 aliphatic carbocycles.